The van der Waals surface area contributed by atoms with E-state index in [2.05, 4.69) is 40.4 Å². The van der Waals surface area contributed by atoms with Crippen molar-refractivity contribution in [2.45, 2.75) is 12.8 Å². The van der Waals surface area contributed by atoms with Crippen LogP contribution in [0.5, 0.6) is 0 Å². The average molecular weight is 213 g/mol. The van der Waals surface area contributed by atoms with Crippen molar-refractivity contribution < 1.29 is 0 Å². The van der Waals surface area contributed by atoms with Gasteiger partial charge >= 0.3 is 0 Å². The largest absolute Gasteiger partial charge is 0.0899 e. The number of benzene rings is 1. The molecule has 0 heterocycles. The second-order valence-corrected chi connectivity index (χ2v) is 3.29. The van der Waals surface area contributed by atoms with E-state index in [1.54, 1.807) is 0 Å². The molecule has 0 aromatic heterocycles. The summed E-state index contributed by atoms with van der Waals surface area (Å²) in [5, 5.41) is 3.40. The zero-order chi connectivity index (χ0) is 11.5. The van der Waals surface area contributed by atoms with Crippen molar-refractivity contribution in [3.63, 3.8) is 0 Å². The Morgan fingerprint density at radius 2 is 1.88 bits per heavy atom. The smallest absolute Gasteiger partial charge is 0.0443 e. The Hall–Kier alpha value is -1.99. The molecule has 0 saturated carbocycles. The van der Waals surface area contributed by atoms with Gasteiger partial charge in [0, 0.05) is 11.5 Å². The molecule has 0 N–H and O–H groups in total. The molecule has 82 valence electrons. The summed E-state index contributed by atoms with van der Waals surface area (Å²) < 4.78 is 0. The third kappa shape index (κ3) is 5.68. The van der Waals surface area contributed by atoms with Crippen LogP contribution in [0.15, 0.2) is 59.8 Å². The third-order valence-electron chi connectivity index (χ3n) is 2.08. The van der Waals surface area contributed by atoms with Crippen LogP contribution in [0.25, 0.3) is 10.4 Å². The van der Waals surface area contributed by atoms with Gasteiger partial charge in [0.15, 0.2) is 0 Å². The lowest BCUT2D eigenvalue weighted by molar-refractivity contribution is 1.00. The molecule has 0 atom stereocenters. The quantitative estimate of drug-likeness (QED) is 0.296. The molecule has 0 unspecified atom stereocenters. The monoisotopic (exact) mass is 213 g/mol. The Bertz CT molecular complexity index is 387. The molecule has 16 heavy (non-hydrogen) atoms. The topological polar surface area (TPSA) is 48.8 Å². The van der Waals surface area contributed by atoms with E-state index in [-0.39, 0.29) is 0 Å². The summed E-state index contributed by atoms with van der Waals surface area (Å²) >= 11 is 0. The molecule has 3 nitrogen and oxygen atoms in total. The highest BCUT2D eigenvalue weighted by Crippen LogP contribution is 2.02. The van der Waals surface area contributed by atoms with Crippen molar-refractivity contribution in [3.05, 3.63) is 70.6 Å². The van der Waals surface area contributed by atoms with E-state index in [1.165, 1.54) is 5.56 Å². The van der Waals surface area contributed by atoms with E-state index < -0.39 is 0 Å². The third-order valence-corrected chi connectivity index (χ3v) is 2.08. The fourth-order valence-corrected chi connectivity index (χ4v) is 1.29. The van der Waals surface area contributed by atoms with Crippen LogP contribution in [0.1, 0.15) is 12.0 Å². The van der Waals surface area contributed by atoms with Gasteiger partial charge in [0.05, 0.1) is 0 Å². The van der Waals surface area contributed by atoms with E-state index >= 15 is 0 Å². The molecule has 1 rings (SSSR count). The number of rotatable bonds is 6. The van der Waals surface area contributed by atoms with Crippen molar-refractivity contribution in [1.29, 1.82) is 0 Å². The fourth-order valence-electron chi connectivity index (χ4n) is 1.29. The van der Waals surface area contributed by atoms with Gasteiger partial charge in [-0.05, 0) is 23.9 Å². The van der Waals surface area contributed by atoms with Gasteiger partial charge in [-0.3, -0.25) is 0 Å². The summed E-state index contributed by atoms with van der Waals surface area (Å²) in [6.45, 7) is 0.416. The molecule has 1 aromatic rings. The molecule has 0 aliphatic carbocycles. The van der Waals surface area contributed by atoms with Gasteiger partial charge in [0.25, 0.3) is 0 Å². The summed E-state index contributed by atoms with van der Waals surface area (Å²) in [6.07, 6.45) is 9.91. The van der Waals surface area contributed by atoms with Crippen LogP contribution in [-0.2, 0) is 6.42 Å². The van der Waals surface area contributed by atoms with Crippen LogP contribution < -0.4 is 0 Å². The van der Waals surface area contributed by atoms with Crippen molar-refractivity contribution in [3.8, 4) is 0 Å². The van der Waals surface area contributed by atoms with Crippen LogP contribution in [0, 0.1) is 0 Å². The highest BCUT2D eigenvalue weighted by Gasteiger charge is 1.86. The lowest BCUT2D eigenvalue weighted by atomic mass is 10.1. The lowest BCUT2D eigenvalue weighted by Gasteiger charge is -1.95. The van der Waals surface area contributed by atoms with Gasteiger partial charge in [-0.25, -0.2) is 0 Å². The van der Waals surface area contributed by atoms with Crippen LogP contribution >= 0.6 is 0 Å². The van der Waals surface area contributed by atoms with Gasteiger partial charge in [0.2, 0.25) is 0 Å². The summed E-state index contributed by atoms with van der Waals surface area (Å²) in [5.41, 5.74) is 9.39. The number of allylic oxidation sites excluding steroid dienone is 3. The number of hydrogen-bond acceptors (Lipinski definition) is 1. The molecule has 0 saturated heterocycles. The molecular weight excluding hydrogens is 198 g/mol. The van der Waals surface area contributed by atoms with Gasteiger partial charge in [-0.1, -0.05) is 59.8 Å². The number of aryl methyl sites for hydroxylation is 1. The first-order valence-electron chi connectivity index (χ1n) is 5.30. The SMILES string of the molecule is [N-]=[N+]=NC/C=C/C=C/CCc1ccccc1. The lowest BCUT2D eigenvalue weighted by Crippen LogP contribution is -1.80. The normalized spacial score (nSPS) is 10.8. The Morgan fingerprint density at radius 3 is 2.62 bits per heavy atom. The summed E-state index contributed by atoms with van der Waals surface area (Å²) in [6, 6.07) is 10.4. The minimum absolute atomic E-state index is 0.416. The molecule has 3 heteroatoms. The van der Waals surface area contributed by atoms with E-state index in [0.717, 1.165) is 12.8 Å². The molecule has 0 fully saturated rings. The fraction of sp³-hybridized carbons (Fsp3) is 0.231. The van der Waals surface area contributed by atoms with Crippen LogP contribution in [-0.4, -0.2) is 6.54 Å². The van der Waals surface area contributed by atoms with Gasteiger partial charge in [-0.2, -0.15) is 0 Å². The van der Waals surface area contributed by atoms with E-state index in [1.807, 2.05) is 24.3 Å². The van der Waals surface area contributed by atoms with Crippen molar-refractivity contribution >= 4 is 0 Å². The average Bonchev–Trinajstić information content (AvgIpc) is 2.34. The van der Waals surface area contributed by atoms with Crippen LogP contribution in [0.3, 0.4) is 0 Å². The summed E-state index contributed by atoms with van der Waals surface area (Å²) in [4.78, 5) is 2.66. The van der Waals surface area contributed by atoms with Crippen LogP contribution in [0.2, 0.25) is 0 Å². The number of azide groups is 1. The van der Waals surface area contributed by atoms with E-state index in [4.69, 9.17) is 5.53 Å². The molecule has 0 radical (unpaired) electrons. The predicted molar refractivity (Wildman–Crippen MR) is 67.1 cm³/mol. The minimum Gasteiger partial charge on any atom is -0.0899 e. The van der Waals surface area contributed by atoms with Crippen molar-refractivity contribution in [1.82, 2.24) is 0 Å². The van der Waals surface area contributed by atoms with Crippen molar-refractivity contribution in [2.24, 2.45) is 5.11 Å². The van der Waals surface area contributed by atoms with Crippen molar-refractivity contribution in [2.75, 3.05) is 6.54 Å². The Kier molecular flexibility index (Phi) is 6.29. The first kappa shape index (κ1) is 12.1. The summed E-state index contributed by atoms with van der Waals surface area (Å²) in [7, 11) is 0. The molecule has 1 aromatic carbocycles. The van der Waals surface area contributed by atoms with Gasteiger partial charge < -0.3 is 0 Å². The van der Waals surface area contributed by atoms with Crippen LogP contribution in [0.4, 0.5) is 0 Å². The van der Waals surface area contributed by atoms with Gasteiger partial charge in [0.1, 0.15) is 0 Å². The minimum atomic E-state index is 0.416. The first-order chi connectivity index (χ1) is 7.93. The highest BCUT2D eigenvalue weighted by atomic mass is 15.1. The van der Waals surface area contributed by atoms with E-state index in [0.29, 0.717) is 6.54 Å². The van der Waals surface area contributed by atoms with E-state index in [9.17, 15) is 0 Å². The molecule has 0 bridgehead atoms. The molecule has 0 spiro atoms. The second kappa shape index (κ2) is 8.33. The number of hydrogen-bond donors (Lipinski definition) is 0. The molecule has 0 aliphatic heterocycles. The zero-order valence-corrected chi connectivity index (χ0v) is 9.16. The maximum Gasteiger partial charge on any atom is 0.0443 e. The Morgan fingerprint density at radius 1 is 1.12 bits per heavy atom. The zero-order valence-electron chi connectivity index (χ0n) is 9.16. The Balaban J connectivity index is 2.18. The molecule has 0 amide bonds. The maximum atomic E-state index is 8.04. The predicted octanol–water partition coefficient (Wildman–Crippen LogP) is 4.04. The first-order valence-corrected chi connectivity index (χ1v) is 5.30. The van der Waals surface area contributed by atoms with Gasteiger partial charge in [-0.15, -0.1) is 0 Å². The standard InChI is InChI=1S/C13H15N3/c14-16-15-12-8-3-1-2-5-9-13-10-6-4-7-11-13/h1-4,6-8,10-11H,5,9,12H2/b2-1+,8-3+. The molecule has 0 aliphatic rings. The highest BCUT2D eigenvalue weighted by molar-refractivity contribution is 5.15. The summed E-state index contributed by atoms with van der Waals surface area (Å²) in [5.74, 6) is 0. The Labute approximate surface area is 95.7 Å². The maximum absolute atomic E-state index is 8.04. The molecular formula is C13H15N3. The second-order valence-electron chi connectivity index (χ2n) is 3.29. The number of nitrogens with zero attached hydrogens (tertiary/aromatic N) is 3.